The third-order valence-corrected chi connectivity index (χ3v) is 5.54. The van der Waals surface area contributed by atoms with E-state index < -0.39 is 0 Å². The summed E-state index contributed by atoms with van der Waals surface area (Å²) in [6.45, 7) is 0. The minimum absolute atomic E-state index is 0.159. The number of ether oxygens (including phenoxy) is 3. The molecule has 0 radical (unpaired) electrons. The molecular weight excluding hydrogens is 430 g/mol. The van der Waals surface area contributed by atoms with Crippen LogP contribution in [-0.2, 0) is 4.79 Å². The number of benzene rings is 2. The van der Waals surface area contributed by atoms with Crippen LogP contribution < -0.4 is 19.5 Å². The maximum Gasteiger partial charge on any atom is 0.234 e. The van der Waals surface area contributed by atoms with Crippen LogP contribution in [0.1, 0.15) is 0 Å². The van der Waals surface area contributed by atoms with Gasteiger partial charge in [0.1, 0.15) is 5.75 Å². The summed E-state index contributed by atoms with van der Waals surface area (Å²) in [5.74, 6) is 1.98. The SMILES string of the molecule is COc1ccc(NC(=O)CSc2nnc3ccc(-c4ccc(OC)c(OC)c4)nn23)cc1. The van der Waals surface area contributed by atoms with Crippen LogP contribution in [0, 0.1) is 0 Å². The molecule has 10 heteroatoms. The first-order valence-electron chi connectivity index (χ1n) is 9.63. The minimum Gasteiger partial charge on any atom is -0.497 e. The van der Waals surface area contributed by atoms with Gasteiger partial charge in [-0.15, -0.1) is 10.2 Å². The van der Waals surface area contributed by atoms with Gasteiger partial charge in [-0.3, -0.25) is 4.79 Å². The highest BCUT2D eigenvalue weighted by Crippen LogP contribution is 2.31. The van der Waals surface area contributed by atoms with Crippen molar-refractivity contribution in [1.29, 1.82) is 0 Å². The quantitative estimate of drug-likeness (QED) is 0.406. The summed E-state index contributed by atoms with van der Waals surface area (Å²) in [7, 11) is 4.77. The van der Waals surface area contributed by atoms with E-state index in [2.05, 4.69) is 20.6 Å². The molecular formula is C22H21N5O4S. The van der Waals surface area contributed by atoms with Gasteiger partial charge in [-0.1, -0.05) is 11.8 Å². The zero-order valence-electron chi connectivity index (χ0n) is 17.7. The van der Waals surface area contributed by atoms with Gasteiger partial charge in [0.05, 0.1) is 32.8 Å². The van der Waals surface area contributed by atoms with Gasteiger partial charge < -0.3 is 19.5 Å². The van der Waals surface area contributed by atoms with Crippen LogP contribution in [-0.4, -0.2) is 52.8 Å². The Morgan fingerprint density at radius 3 is 2.44 bits per heavy atom. The molecule has 0 fully saturated rings. The normalized spacial score (nSPS) is 10.7. The van der Waals surface area contributed by atoms with Crippen molar-refractivity contribution in [2.24, 2.45) is 0 Å². The highest BCUT2D eigenvalue weighted by atomic mass is 32.2. The van der Waals surface area contributed by atoms with E-state index in [1.807, 2.05) is 30.3 Å². The summed E-state index contributed by atoms with van der Waals surface area (Å²) in [6, 6.07) is 16.4. The Labute approximate surface area is 188 Å². The van der Waals surface area contributed by atoms with Crippen molar-refractivity contribution in [3.05, 3.63) is 54.6 Å². The predicted octanol–water partition coefficient (Wildman–Crippen LogP) is 3.55. The topological polar surface area (TPSA) is 99.9 Å². The Hall–Kier alpha value is -3.79. The molecule has 0 aliphatic carbocycles. The second-order valence-electron chi connectivity index (χ2n) is 6.61. The molecule has 32 heavy (non-hydrogen) atoms. The molecule has 0 saturated carbocycles. The molecule has 9 nitrogen and oxygen atoms in total. The number of fused-ring (bicyclic) bond motifs is 1. The molecule has 0 spiro atoms. The summed E-state index contributed by atoms with van der Waals surface area (Å²) in [5.41, 5.74) is 2.85. The van der Waals surface area contributed by atoms with Crippen LogP contribution >= 0.6 is 11.8 Å². The molecule has 2 aromatic carbocycles. The van der Waals surface area contributed by atoms with Crippen molar-refractivity contribution >= 4 is 29.0 Å². The van der Waals surface area contributed by atoms with E-state index in [0.717, 1.165) is 11.3 Å². The molecule has 0 unspecified atom stereocenters. The number of aromatic nitrogens is 4. The van der Waals surface area contributed by atoms with Crippen LogP contribution in [0.5, 0.6) is 17.2 Å². The van der Waals surface area contributed by atoms with Crippen LogP contribution in [0.25, 0.3) is 16.9 Å². The third kappa shape index (κ3) is 4.59. The van der Waals surface area contributed by atoms with Crippen molar-refractivity contribution in [1.82, 2.24) is 19.8 Å². The Morgan fingerprint density at radius 1 is 0.938 bits per heavy atom. The van der Waals surface area contributed by atoms with E-state index in [9.17, 15) is 4.79 Å². The molecule has 0 bridgehead atoms. The molecule has 0 saturated heterocycles. The van der Waals surface area contributed by atoms with E-state index in [0.29, 0.717) is 33.7 Å². The predicted molar refractivity (Wildman–Crippen MR) is 122 cm³/mol. The third-order valence-electron chi connectivity index (χ3n) is 4.62. The molecule has 0 aliphatic heterocycles. The first-order chi connectivity index (χ1) is 15.6. The van der Waals surface area contributed by atoms with E-state index in [1.165, 1.54) is 11.8 Å². The van der Waals surface area contributed by atoms with Gasteiger partial charge in [0.2, 0.25) is 11.1 Å². The van der Waals surface area contributed by atoms with Crippen molar-refractivity contribution in [3.63, 3.8) is 0 Å². The van der Waals surface area contributed by atoms with Crippen molar-refractivity contribution < 1.29 is 19.0 Å². The van der Waals surface area contributed by atoms with Crippen molar-refractivity contribution in [3.8, 4) is 28.5 Å². The van der Waals surface area contributed by atoms with Crippen LogP contribution in [0.2, 0.25) is 0 Å². The van der Waals surface area contributed by atoms with E-state index >= 15 is 0 Å². The summed E-state index contributed by atoms with van der Waals surface area (Å²) >= 11 is 1.25. The highest BCUT2D eigenvalue weighted by Gasteiger charge is 2.13. The number of thioether (sulfide) groups is 1. The summed E-state index contributed by atoms with van der Waals surface area (Å²) in [6.07, 6.45) is 0. The number of hydrogen-bond donors (Lipinski definition) is 1. The largest absolute Gasteiger partial charge is 0.497 e. The summed E-state index contributed by atoms with van der Waals surface area (Å²) in [4.78, 5) is 12.4. The lowest BCUT2D eigenvalue weighted by molar-refractivity contribution is -0.113. The van der Waals surface area contributed by atoms with Crippen molar-refractivity contribution in [2.45, 2.75) is 5.16 Å². The minimum atomic E-state index is -0.159. The van der Waals surface area contributed by atoms with E-state index in [4.69, 9.17) is 14.2 Å². The molecule has 4 aromatic rings. The van der Waals surface area contributed by atoms with E-state index in [1.54, 1.807) is 50.1 Å². The molecule has 4 rings (SSSR count). The van der Waals surface area contributed by atoms with Gasteiger partial charge in [-0.05, 0) is 54.6 Å². The van der Waals surface area contributed by atoms with Gasteiger partial charge in [0.15, 0.2) is 17.1 Å². The van der Waals surface area contributed by atoms with Crippen LogP contribution in [0.3, 0.4) is 0 Å². The first kappa shape index (κ1) is 21.4. The van der Waals surface area contributed by atoms with Gasteiger partial charge in [-0.25, -0.2) is 0 Å². The number of methoxy groups -OCH3 is 3. The van der Waals surface area contributed by atoms with E-state index in [-0.39, 0.29) is 11.7 Å². The second kappa shape index (κ2) is 9.56. The molecule has 0 atom stereocenters. The fraction of sp³-hybridized carbons (Fsp3) is 0.182. The van der Waals surface area contributed by atoms with Crippen LogP contribution in [0.15, 0.2) is 59.8 Å². The number of amides is 1. The highest BCUT2D eigenvalue weighted by molar-refractivity contribution is 7.99. The number of rotatable bonds is 8. The first-order valence-corrected chi connectivity index (χ1v) is 10.6. The number of nitrogens with one attached hydrogen (secondary N) is 1. The Bertz CT molecular complexity index is 1240. The van der Waals surface area contributed by atoms with Crippen molar-refractivity contribution in [2.75, 3.05) is 32.4 Å². The summed E-state index contributed by atoms with van der Waals surface area (Å²) < 4.78 is 17.4. The van der Waals surface area contributed by atoms with Gasteiger partial charge in [0, 0.05) is 11.3 Å². The monoisotopic (exact) mass is 451 g/mol. The smallest absolute Gasteiger partial charge is 0.234 e. The Kier molecular flexibility index (Phi) is 6.41. The average molecular weight is 452 g/mol. The molecule has 164 valence electrons. The van der Waals surface area contributed by atoms with Gasteiger partial charge in [-0.2, -0.15) is 9.61 Å². The molecule has 0 aliphatic rings. The fourth-order valence-electron chi connectivity index (χ4n) is 3.01. The number of carbonyl (C=O) groups is 1. The second-order valence-corrected chi connectivity index (χ2v) is 7.55. The Balaban J connectivity index is 1.49. The number of carbonyl (C=O) groups excluding carboxylic acids is 1. The summed E-state index contributed by atoms with van der Waals surface area (Å²) in [5, 5.41) is 16.3. The van der Waals surface area contributed by atoms with Gasteiger partial charge in [0.25, 0.3) is 0 Å². The molecule has 1 N–H and O–H groups in total. The Morgan fingerprint density at radius 2 is 1.72 bits per heavy atom. The zero-order valence-corrected chi connectivity index (χ0v) is 18.5. The van der Waals surface area contributed by atoms with Gasteiger partial charge >= 0.3 is 0 Å². The number of anilines is 1. The lowest BCUT2D eigenvalue weighted by Gasteiger charge is -2.09. The lowest BCUT2D eigenvalue weighted by atomic mass is 10.1. The van der Waals surface area contributed by atoms with Crippen LogP contribution in [0.4, 0.5) is 5.69 Å². The fourth-order valence-corrected chi connectivity index (χ4v) is 3.70. The standard InChI is InChI=1S/C22H21N5O4S/c1-29-16-7-5-15(6-8-16)23-21(28)13-32-22-25-24-20-11-9-17(26-27(20)22)14-4-10-18(30-2)19(12-14)31-3/h4-12H,13H2,1-3H3,(H,23,28). The zero-order chi connectivity index (χ0) is 22.5. The molecule has 1 amide bonds. The maximum absolute atomic E-state index is 12.4. The molecule has 2 heterocycles. The maximum atomic E-state index is 12.4. The number of nitrogens with zero attached hydrogens (tertiary/aromatic N) is 4. The lowest BCUT2D eigenvalue weighted by Crippen LogP contribution is -2.14. The molecule has 2 aromatic heterocycles. The number of hydrogen-bond acceptors (Lipinski definition) is 8. The average Bonchev–Trinajstić information content (AvgIpc) is 3.25.